The van der Waals surface area contributed by atoms with Crippen molar-refractivity contribution in [2.24, 2.45) is 5.92 Å². The van der Waals surface area contributed by atoms with Crippen LogP contribution in [0.5, 0.6) is 0 Å². The maximum Gasteiger partial charge on any atom is 3.00 e. The predicted molar refractivity (Wildman–Crippen MR) is 38.6 cm³/mol. The standard InChI is InChI=1S/C8H15.Y/c1-6(2)8(5)7(3)4;/h6H,5H2,1-4H3;/q-1;+3. The quantitative estimate of drug-likeness (QED) is 0.601. The van der Waals surface area contributed by atoms with E-state index in [9.17, 15) is 0 Å². The van der Waals surface area contributed by atoms with Gasteiger partial charge in [-0.3, -0.25) is 0 Å². The number of allylic oxidation sites excluding steroid dienone is 1. The van der Waals surface area contributed by atoms with Crippen LogP contribution in [0.25, 0.3) is 0 Å². The van der Waals surface area contributed by atoms with Gasteiger partial charge in [-0.05, 0) is 0 Å². The first-order valence-corrected chi connectivity index (χ1v) is 3.05. The summed E-state index contributed by atoms with van der Waals surface area (Å²) in [5.41, 5.74) is 1.27. The molecule has 0 heterocycles. The van der Waals surface area contributed by atoms with Crippen molar-refractivity contribution in [3.05, 3.63) is 18.1 Å². The van der Waals surface area contributed by atoms with Gasteiger partial charge in [0.1, 0.15) is 0 Å². The fourth-order valence-electron chi connectivity index (χ4n) is 0.577. The number of hydrogen-bond acceptors (Lipinski definition) is 0. The van der Waals surface area contributed by atoms with Crippen molar-refractivity contribution in [1.82, 2.24) is 0 Å². The van der Waals surface area contributed by atoms with Gasteiger partial charge < -0.3 is 0 Å². The molecule has 0 aliphatic rings. The first-order valence-electron chi connectivity index (χ1n) is 3.05. The maximum absolute atomic E-state index is 3.92. The summed E-state index contributed by atoms with van der Waals surface area (Å²) in [6.07, 6.45) is 0. The van der Waals surface area contributed by atoms with Crippen LogP contribution in [0.1, 0.15) is 27.7 Å². The molecule has 0 nitrogen and oxygen atoms in total. The fourth-order valence-corrected chi connectivity index (χ4v) is 0.577. The minimum atomic E-state index is 0. The smallest absolute Gasteiger partial charge is 0.241 e. The predicted octanol–water partition coefficient (Wildman–Crippen LogP) is 2.81. The molecule has 0 aliphatic carbocycles. The molecular weight excluding hydrogens is 185 g/mol. The summed E-state index contributed by atoms with van der Waals surface area (Å²) in [6, 6.07) is 0. The molecule has 0 saturated carbocycles. The van der Waals surface area contributed by atoms with E-state index in [-0.39, 0.29) is 32.7 Å². The van der Waals surface area contributed by atoms with Crippen LogP contribution < -0.4 is 0 Å². The summed E-state index contributed by atoms with van der Waals surface area (Å²) < 4.78 is 0. The molecule has 0 aromatic heterocycles. The molecular formula is C8H15Y+2. The van der Waals surface area contributed by atoms with Gasteiger partial charge in [0.15, 0.2) is 0 Å². The van der Waals surface area contributed by atoms with Gasteiger partial charge in [0.05, 0.1) is 0 Å². The van der Waals surface area contributed by atoms with Gasteiger partial charge in [-0.1, -0.05) is 19.8 Å². The van der Waals surface area contributed by atoms with E-state index in [0.29, 0.717) is 5.92 Å². The Morgan fingerprint density at radius 2 is 1.67 bits per heavy atom. The molecule has 0 aromatic carbocycles. The van der Waals surface area contributed by atoms with E-state index < -0.39 is 0 Å². The van der Waals surface area contributed by atoms with E-state index in [1.165, 1.54) is 11.5 Å². The van der Waals surface area contributed by atoms with Crippen LogP contribution in [0.15, 0.2) is 12.2 Å². The maximum atomic E-state index is 3.92. The van der Waals surface area contributed by atoms with Gasteiger partial charge in [-0.15, -0.1) is 13.8 Å². The molecule has 1 heteroatoms. The first kappa shape index (κ1) is 12.4. The minimum absolute atomic E-state index is 0. The molecule has 0 atom stereocenters. The van der Waals surface area contributed by atoms with Gasteiger partial charge in [-0.25, -0.2) is 18.1 Å². The summed E-state index contributed by atoms with van der Waals surface area (Å²) in [6.45, 7) is 12.4. The molecule has 0 saturated heterocycles. The Morgan fingerprint density at radius 3 is 1.67 bits per heavy atom. The second-order valence-electron chi connectivity index (χ2n) is 2.68. The zero-order valence-electron chi connectivity index (χ0n) is 6.86. The average Bonchev–Trinajstić information content (AvgIpc) is 1.64. The first-order chi connectivity index (χ1) is 3.55. The molecule has 0 bridgehead atoms. The van der Waals surface area contributed by atoms with Crippen molar-refractivity contribution in [1.29, 1.82) is 0 Å². The van der Waals surface area contributed by atoms with Crippen molar-refractivity contribution >= 4 is 0 Å². The summed E-state index contributed by atoms with van der Waals surface area (Å²) in [4.78, 5) is 0. The summed E-state index contributed by atoms with van der Waals surface area (Å²) in [7, 11) is 0. The van der Waals surface area contributed by atoms with Crippen molar-refractivity contribution in [2.45, 2.75) is 27.7 Å². The van der Waals surface area contributed by atoms with E-state index >= 15 is 0 Å². The number of hydrogen-bond donors (Lipinski definition) is 0. The van der Waals surface area contributed by atoms with Crippen molar-refractivity contribution < 1.29 is 32.7 Å². The normalized spacial score (nSPS) is 8.56. The zero-order chi connectivity index (χ0) is 6.73. The summed E-state index contributed by atoms with van der Waals surface area (Å²) in [5.74, 6) is 1.96. The Balaban J connectivity index is 0. The minimum Gasteiger partial charge on any atom is -0.241 e. The van der Waals surface area contributed by atoms with Crippen LogP contribution in [0, 0.1) is 11.8 Å². The molecule has 0 fully saturated rings. The largest absolute Gasteiger partial charge is 3.00 e. The van der Waals surface area contributed by atoms with Gasteiger partial charge >= 0.3 is 32.7 Å². The van der Waals surface area contributed by atoms with Crippen molar-refractivity contribution in [3.8, 4) is 0 Å². The van der Waals surface area contributed by atoms with Crippen molar-refractivity contribution in [2.75, 3.05) is 0 Å². The molecule has 0 rings (SSSR count). The van der Waals surface area contributed by atoms with Crippen LogP contribution in [0.3, 0.4) is 0 Å². The van der Waals surface area contributed by atoms with Gasteiger partial charge in [0.2, 0.25) is 0 Å². The molecule has 48 valence electrons. The third-order valence-corrected chi connectivity index (χ3v) is 1.34. The summed E-state index contributed by atoms with van der Waals surface area (Å²) in [5, 5.41) is 0. The fraction of sp³-hybridized carbons (Fsp3) is 0.625. The molecule has 0 radical (unpaired) electrons. The molecule has 0 amide bonds. The van der Waals surface area contributed by atoms with E-state index in [1.807, 2.05) is 0 Å². The Morgan fingerprint density at radius 1 is 1.33 bits per heavy atom. The van der Waals surface area contributed by atoms with Crippen LogP contribution in [0.4, 0.5) is 0 Å². The van der Waals surface area contributed by atoms with Gasteiger partial charge in [0, 0.05) is 0 Å². The monoisotopic (exact) mass is 200 g/mol. The van der Waals surface area contributed by atoms with Crippen LogP contribution in [0.2, 0.25) is 0 Å². The van der Waals surface area contributed by atoms with Crippen LogP contribution in [-0.4, -0.2) is 0 Å². The molecule has 9 heavy (non-hydrogen) atoms. The molecule has 0 unspecified atom stereocenters. The molecule has 0 aliphatic heterocycles. The van der Waals surface area contributed by atoms with E-state index in [1.54, 1.807) is 0 Å². The topological polar surface area (TPSA) is 0 Å². The van der Waals surface area contributed by atoms with Crippen molar-refractivity contribution in [3.63, 3.8) is 0 Å². The van der Waals surface area contributed by atoms with E-state index in [0.717, 1.165) is 0 Å². The average molecular weight is 200 g/mol. The molecule has 0 spiro atoms. The van der Waals surface area contributed by atoms with Gasteiger partial charge in [-0.2, -0.15) is 0 Å². The Hall–Kier alpha value is 0.714. The Kier molecular flexibility index (Phi) is 7.57. The SMILES string of the molecule is C=C([C-](C)C)C(C)C.[Y+3]. The van der Waals surface area contributed by atoms with E-state index in [2.05, 4.69) is 34.3 Å². The summed E-state index contributed by atoms with van der Waals surface area (Å²) >= 11 is 0. The molecule has 0 aromatic rings. The Labute approximate surface area is 84.0 Å². The zero-order valence-corrected chi connectivity index (χ0v) is 9.70. The van der Waals surface area contributed by atoms with E-state index in [4.69, 9.17) is 0 Å². The second kappa shape index (κ2) is 5.50. The Bertz CT molecular complexity index is 72.6. The third kappa shape index (κ3) is 5.17. The third-order valence-electron chi connectivity index (χ3n) is 1.34. The number of rotatable bonds is 2. The second-order valence-corrected chi connectivity index (χ2v) is 2.68. The molecule has 0 N–H and O–H groups in total. The van der Waals surface area contributed by atoms with Crippen LogP contribution in [-0.2, 0) is 32.7 Å². The van der Waals surface area contributed by atoms with Gasteiger partial charge in [0.25, 0.3) is 0 Å². The van der Waals surface area contributed by atoms with Crippen LogP contribution >= 0.6 is 0 Å².